The summed E-state index contributed by atoms with van der Waals surface area (Å²) in [5.41, 5.74) is 17.0. The van der Waals surface area contributed by atoms with Crippen molar-refractivity contribution in [1.29, 1.82) is 0 Å². The van der Waals surface area contributed by atoms with Gasteiger partial charge in [-0.15, -0.1) is 11.3 Å². The first kappa shape index (κ1) is 36.8. The van der Waals surface area contributed by atoms with Gasteiger partial charge in [-0.25, -0.2) is 0 Å². The van der Waals surface area contributed by atoms with Crippen LogP contribution < -0.4 is 14.7 Å². The van der Waals surface area contributed by atoms with E-state index >= 15 is 0 Å². The van der Waals surface area contributed by atoms with E-state index in [0.29, 0.717) is 0 Å². The van der Waals surface area contributed by atoms with Crippen molar-refractivity contribution in [2.45, 2.75) is 26.2 Å². The fourth-order valence-corrected chi connectivity index (χ4v) is 10.7. The summed E-state index contributed by atoms with van der Waals surface area (Å²) in [4.78, 5) is 2.42. The van der Waals surface area contributed by atoms with Crippen LogP contribution in [-0.2, 0) is 5.41 Å². The number of rotatable bonds is 7. The molecule has 8 aromatic carbocycles. The molecule has 292 valence electrons. The number of thiophene rings is 1. The Bertz CT molecular complexity index is 3460. The number of anilines is 3. The number of hydrogen-bond acceptors (Lipinski definition) is 2. The molecule has 0 amide bonds. The van der Waals surface area contributed by atoms with Gasteiger partial charge in [0.25, 0.3) is 0 Å². The lowest BCUT2D eigenvalue weighted by atomic mass is 9.82. The highest BCUT2D eigenvalue weighted by Gasteiger charge is 2.35. The van der Waals surface area contributed by atoms with Crippen LogP contribution in [0.3, 0.4) is 0 Å². The molecule has 2 heterocycles. The number of allylic oxidation sites excluding steroid dienone is 2. The molecule has 0 spiro atoms. The van der Waals surface area contributed by atoms with Crippen molar-refractivity contribution in [3.8, 4) is 33.4 Å². The number of para-hydroxylation sites is 1. The zero-order valence-corrected chi connectivity index (χ0v) is 35.4. The van der Waals surface area contributed by atoms with E-state index in [1.807, 2.05) is 0 Å². The van der Waals surface area contributed by atoms with Crippen LogP contribution in [0.25, 0.3) is 83.6 Å². The summed E-state index contributed by atoms with van der Waals surface area (Å²) in [5.74, 6) is 0. The first-order valence-electron chi connectivity index (χ1n) is 21.1. The highest BCUT2D eigenvalue weighted by molar-refractivity contribution is 7.17. The van der Waals surface area contributed by atoms with Gasteiger partial charge in [-0.3, -0.25) is 0 Å². The number of nitrogens with zero attached hydrogens (tertiary/aromatic N) is 2. The molecular weight excluding hydrogens is 757 g/mol. The molecule has 0 bridgehead atoms. The average Bonchev–Trinajstić information content (AvgIpc) is 3.89. The summed E-state index contributed by atoms with van der Waals surface area (Å²) in [6.07, 6.45) is 4.56. The number of benzene rings is 8. The standard InChI is InChI=1S/C58H44N2S/c1-5-43(60-55-23-15-13-21-49(55)52-34-42(26-33-56(52)60)40-18-10-7-11-19-40)35-51-38(2)61-57-37-46(30-32-50(51)57)59(44-27-24-41(25-28-44)39-16-8-6-9-17-39)45-29-31-48-47-20-12-14-22-53(47)58(3,4)54(48)36-45/h5-37H,2H2,1,3-4H3/b43-5+,51-35+. The lowest BCUT2D eigenvalue weighted by Gasteiger charge is -2.28. The van der Waals surface area contributed by atoms with E-state index in [-0.39, 0.29) is 5.41 Å². The molecule has 0 fully saturated rings. The molecule has 0 N–H and O–H groups in total. The summed E-state index contributed by atoms with van der Waals surface area (Å²) in [7, 11) is 0. The predicted molar refractivity (Wildman–Crippen MR) is 264 cm³/mol. The molecule has 3 heteroatoms. The number of fused-ring (bicyclic) bond motifs is 7. The molecule has 0 aliphatic heterocycles. The second-order valence-electron chi connectivity index (χ2n) is 16.6. The smallest absolute Gasteiger partial charge is 0.0541 e. The van der Waals surface area contributed by atoms with Crippen LogP contribution >= 0.6 is 11.3 Å². The normalized spacial score (nSPS) is 13.6. The molecule has 10 aromatic rings. The molecular formula is C58H44N2S. The fraction of sp³-hybridized carbons (Fsp3) is 0.0690. The topological polar surface area (TPSA) is 8.17 Å². The molecule has 1 aliphatic rings. The van der Waals surface area contributed by atoms with Crippen LogP contribution in [-0.4, -0.2) is 4.57 Å². The maximum absolute atomic E-state index is 4.64. The molecule has 61 heavy (non-hydrogen) atoms. The molecule has 0 atom stereocenters. The van der Waals surface area contributed by atoms with Crippen LogP contribution in [0.4, 0.5) is 17.1 Å². The van der Waals surface area contributed by atoms with Gasteiger partial charge in [0.1, 0.15) is 0 Å². The Kier molecular flexibility index (Phi) is 8.77. The third-order valence-corrected chi connectivity index (χ3v) is 13.8. The summed E-state index contributed by atoms with van der Waals surface area (Å²) < 4.78 is 4.67. The molecule has 0 saturated carbocycles. The Morgan fingerprint density at radius 1 is 0.525 bits per heavy atom. The molecule has 0 saturated heterocycles. The monoisotopic (exact) mass is 800 g/mol. The SMILES string of the molecule is C=c1sc2cc(N(c3ccc(-c4ccccc4)cc3)c3ccc4c(c3)C(C)(C)c3ccccc3-4)ccc2/c1=C/C(=C\C)n1c2ccccc2c2cc(-c3ccccc3)ccc21. The molecule has 1 aliphatic carbocycles. The quantitative estimate of drug-likeness (QED) is 0.156. The van der Waals surface area contributed by atoms with Crippen LogP contribution in [0.2, 0.25) is 0 Å². The fourth-order valence-electron chi connectivity index (χ4n) is 9.65. The lowest BCUT2D eigenvalue weighted by molar-refractivity contribution is 0.660. The second kappa shape index (κ2) is 14.5. The Hall–Kier alpha value is -7.20. The van der Waals surface area contributed by atoms with Crippen molar-refractivity contribution >= 4 is 78.6 Å². The van der Waals surface area contributed by atoms with Gasteiger partial charge in [-0.05, 0) is 112 Å². The van der Waals surface area contributed by atoms with Gasteiger partial charge in [0.15, 0.2) is 0 Å². The van der Waals surface area contributed by atoms with Gasteiger partial charge in [0, 0.05) is 58.8 Å². The largest absolute Gasteiger partial charge is 0.310 e. The van der Waals surface area contributed by atoms with Gasteiger partial charge in [0.05, 0.1) is 11.0 Å². The van der Waals surface area contributed by atoms with Crippen molar-refractivity contribution in [2.24, 2.45) is 0 Å². The summed E-state index contributed by atoms with van der Waals surface area (Å²) in [6.45, 7) is 11.5. The zero-order valence-electron chi connectivity index (χ0n) is 34.6. The van der Waals surface area contributed by atoms with Crippen molar-refractivity contribution in [1.82, 2.24) is 4.57 Å². The van der Waals surface area contributed by atoms with E-state index in [0.717, 1.165) is 32.5 Å². The zero-order chi connectivity index (χ0) is 41.2. The van der Waals surface area contributed by atoms with Gasteiger partial charge in [-0.1, -0.05) is 160 Å². The minimum Gasteiger partial charge on any atom is -0.310 e. The first-order valence-corrected chi connectivity index (χ1v) is 21.9. The van der Waals surface area contributed by atoms with Gasteiger partial charge in [-0.2, -0.15) is 0 Å². The third-order valence-electron chi connectivity index (χ3n) is 12.7. The van der Waals surface area contributed by atoms with E-state index in [1.54, 1.807) is 11.3 Å². The first-order chi connectivity index (χ1) is 29.9. The van der Waals surface area contributed by atoms with E-state index in [9.17, 15) is 0 Å². The van der Waals surface area contributed by atoms with Crippen LogP contribution in [0.5, 0.6) is 0 Å². The van der Waals surface area contributed by atoms with E-state index in [2.05, 4.69) is 237 Å². The average molecular weight is 801 g/mol. The van der Waals surface area contributed by atoms with Crippen LogP contribution in [0.15, 0.2) is 194 Å². The van der Waals surface area contributed by atoms with Gasteiger partial charge >= 0.3 is 0 Å². The van der Waals surface area contributed by atoms with E-state index in [4.69, 9.17) is 0 Å². The minimum absolute atomic E-state index is 0.110. The molecule has 11 rings (SSSR count). The minimum atomic E-state index is -0.110. The third kappa shape index (κ3) is 6.07. The Balaban J connectivity index is 1.04. The molecule has 2 nitrogen and oxygen atoms in total. The van der Waals surface area contributed by atoms with E-state index < -0.39 is 0 Å². The van der Waals surface area contributed by atoms with E-state index in [1.165, 1.54) is 76.4 Å². The van der Waals surface area contributed by atoms with Crippen LogP contribution in [0, 0.1) is 0 Å². The lowest BCUT2D eigenvalue weighted by Crippen LogP contribution is -2.18. The van der Waals surface area contributed by atoms with Gasteiger partial charge in [0.2, 0.25) is 0 Å². The molecule has 0 radical (unpaired) electrons. The summed E-state index contributed by atoms with van der Waals surface area (Å²) in [6, 6.07) is 68.7. The second-order valence-corrected chi connectivity index (χ2v) is 17.7. The number of aromatic nitrogens is 1. The number of hydrogen-bond donors (Lipinski definition) is 0. The summed E-state index contributed by atoms with van der Waals surface area (Å²) in [5, 5.41) is 4.85. The van der Waals surface area contributed by atoms with Crippen molar-refractivity contribution < 1.29 is 0 Å². The Labute approximate surface area is 360 Å². The Morgan fingerprint density at radius 3 is 1.89 bits per heavy atom. The highest BCUT2D eigenvalue weighted by atomic mass is 32.1. The maximum Gasteiger partial charge on any atom is 0.0541 e. The Morgan fingerprint density at radius 2 is 1.11 bits per heavy atom. The molecule has 0 unspecified atom stereocenters. The van der Waals surface area contributed by atoms with Crippen molar-refractivity contribution in [3.05, 3.63) is 215 Å². The maximum atomic E-state index is 4.64. The summed E-state index contributed by atoms with van der Waals surface area (Å²) >= 11 is 1.76. The molecule has 2 aromatic heterocycles. The van der Waals surface area contributed by atoms with Crippen molar-refractivity contribution in [2.75, 3.05) is 4.90 Å². The predicted octanol–water partition coefficient (Wildman–Crippen LogP) is 14.9. The van der Waals surface area contributed by atoms with Gasteiger partial charge < -0.3 is 9.47 Å². The van der Waals surface area contributed by atoms with Crippen molar-refractivity contribution in [3.63, 3.8) is 0 Å². The van der Waals surface area contributed by atoms with Crippen LogP contribution in [0.1, 0.15) is 31.9 Å². The highest BCUT2D eigenvalue weighted by Crippen LogP contribution is 2.51.